The molecule has 0 rings (SSSR count). The Balaban J connectivity index is 4.26. The summed E-state index contributed by atoms with van der Waals surface area (Å²) < 4.78 is 17.4. The molecule has 0 aliphatic heterocycles. The maximum atomic E-state index is 12.8. The van der Waals surface area contributed by atoms with Crippen molar-refractivity contribution in [2.75, 3.05) is 19.8 Å². The van der Waals surface area contributed by atoms with E-state index in [9.17, 15) is 9.59 Å². The van der Waals surface area contributed by atoms with Crippen molar-refractivity contribution in [3.05, 3.63) is 48.6 Å². The third kappa shape index (κ3) is 50.5. The van der Waals surface area contributed by atoms with Crippen molar-refractivity contribution in [1.82, 2.24) is 0 Å². The first kappa shape index (κ1) is 59.9. The first-order valence-corrected chi connectivity index (χ1v) is 27.2. The van der Waals surface area contributed by atoms with E-state index in [-0.39, 0.29) is 25.2 Å². The highest BCUT2D eigenvalue weighted by Gasteiger charge is 2.17. The van der Waals surface area contributed by atoms with Gasteiger partial charge in [-0.25, -0.2) is 0 Å². The molecule has 0 heterocycles. The van der Waals surface area contributed by atoms with E-state index in [1.807, 2.05) is 0 Å². The summed E-state index contributed by atoms with van der Waals surface area (Å²) in [6, 6.07) is 0. The summed E-state index contributed by atoms with van der Waals surface area (Å²) in [6.45, 7) is 7.75. The van der Waals surface area contributed by atoms with Crippen LogP contribution in [-0.2, 0) is 23.8 Å². The first-order valence-electron chi connectivity index (χ1n) is 27.2. The Morgan fingerprint density at radius 3 is 1.16 bits per heavy atom. The fourth-order valence-corrected chi connectivity index (χ4v) is 7.76. The lowest BCUT2D eigenvalue weighted by molar-refractivity contribution is -0.163. The fourth-order valence-electron chi connectivity index (χ4n) is 7.76. The van der Waals surface area contributed by atoms with Gasteiger partial charge < -0.3 is 14.2 Å². The Hall–Kier alpha value is -2.14. The second-order valence-electron chi connectivity index (χ2n) is 18.1. The minimum atomic E-state index is -0.542. The highest BCUT2D eigenvalue weighted by atomic mass is 16.6. The zero-order valence-corrected chi connectivity index (χ0v) is 41.6. The van der Waals surface area contributed by atoms with Crippen LogP contribution < -0.4 is 0 Å². The highest BCUT2D eigenvalue weighted by molar-refractivity contribution is 5.70. The Labute approximate surface area is 386 Å². The van der Waals surface area contributed by atoms with E-state index in [1.54, 1.807) is 0 Å². The van der Waals surface area contributed by atoms with Crippen LogP contribution in [0.2, 0.25) is 0 Å². The van der Waals surface area contributed by atoms with Crippen LogP contribution in [0.5, 0.6) is 0 Å². The fraction of sp³-hybridized carbons (Fsp3) is 0.825. The average Bonchev–Trinajstić information content (AvgIpc) is 3.27. The molecule has 0 bridgehead atoms. The van der Waals surface area contributed by atoms with Gasteiger partial charge in [-0.3, -0.25) is 9.59 Å². The molecule has 5 nitrogen and oxygen atoms in total. The summed E-state index contributed by atoms with van der Waals surface area (Å²) in [5.74, 6) is -0.399. The minimum absolute atomic E-state index is 0.0800. The van der Waals surface area contributed by atoms with Gasteiger partial charge >= 0.3 is 11.9 Å². The predicted octanol–water partition coefficient (Wildman–Crippen LogP) is 18.3. The molecular weight excluding hydrogens is 765 g/mol. The molecule has 0 aliphatic rings. The number of carbonyl (C=O) groups is 2. The van der Waals surface area contributed by atoms with Crippen LogP contribution in [0.25, 0.3) is 0 Å². The summed E-state index contributed by atoms with van der Waals surface area (Å²) in [5, 5.41) is 0. The van der Waals surface area contributed by atoms with Crippen LogP contribution in [0, 0.1) is 0 Å². The molecule has 0 aromatic carbocycles. The number of hydrogen-bond donors (Lipinski definition) is 0. The van der Waals surface area contributed by atoms with Gasteiger partial charge in [-0.1, -0.05) is 236 Å². The number of hydrogen-bond acceptors (Lipinski definition) is 5. The summed E-state index contributed by atoms with van der Waals surface area (Å²) in [6.07, 6.45) is 65.4. The molecule has 0 amide bonds. The van der Waals surface area contributed by atoms with Crippen LogP contribution in [0.1, 0.15) is 278 Å². The summed E-state index contributed by atoms with van der Waals surface area (Å²) in [4.78, 5) is 25.4. The van der Waals surface area contributed by atoms with Gasteiger partial charge in [-0.2, -0.15) is 0 Å². The summed E-state index contributed by atoms with van der Waals surface area (Å²) >= 11 is 0. The van der Waals surface area contributed by atoms with Gasteiger partial charge in [0.25, 0.3) is 0 Å². The van der Waals surface area contributed by atoms with Gasteiger partial charge in [0.2, 0.25) is 0 Å². The Morgan fingerprint density at radius 2 is 0.710 bits per heavy atom. The van der Waals surface area contributed by atoms with Crippen LogP contribution in [0.3, 0.4) is 0 Å². The van der Waals surface area contributed by atoms with Crippen LogP contribution in [0.15, 0.2) is 48.6 Å². The molecule has 0 aromatic heterocycles. The number of carbonyl (C=O) groups excluding carboxylic acids is 2. The molecule has 0 aliphatic carbocycles. The normalized spacial score (nSPS) is 12.5. The van der Waals surface area contributed by atoms with Gasteiger partial charge in [-0.05, 0) is 77.0 Å². The second kappa shape index (κ2) is 53.2. The molecule has 1 atom stereocenters. The van der Waals surface area contributed by atoms with Crippen molar-refractivity contribution in [3.63, 3.8) is 0 Å². The number of unbranched alkanes of at least 4 members (excludes halogenated alkanes) is 31. The molecule has 0 spiro atoms. The zero-order valence-electron chi connectivity index (χ0n) is 41.6. The number of esters is 2. The van der Waals surface area contributed by atoms with E-state index in [0.29, 0.717) is 19.4 Å². The predicted molar refractivity (Wildman–Crippen MR) is 270 cm³/mol. The number of rotatable bonds is 50. The number of ether oxygens (including phenoxy) is 3. The smallest absolute Gasteiger partial charge is 0.306 e. The Bertz CT molecular complexity index is 1030. The molecule has 0 fully saturated rings. The van der Waals surface area contributed by atoms with Gasteiger partial charge in [0, 0.05) is 19.4 Å². The molecule has 0 saturated heterocycles. The molecule has 0 aromatic rings. The van der Waals surface area contributed by atoms with Gasteiger partial charge in [-0.15, -0.1) is 0 Å². The summed E-state index contributed by atoms with van der Waals surface area (Å²) in [7, 11) is 0. The monoisotopic (exact) mass is 869 g/mol. The van der Waals surface area contributed by atoms with Gasteiger partial charge in [0.05, 0.1) is 6.61 Å². The topological polar surface area (TPSA) is 61.8 Å². The molecule has 0 saturated carbocycles. The molecule has 1 unspecified atom stereocenters. The molecule has 0 N–H and O–H groups in total. The van der Waals surface area contributed by atoms with Crippen LogP contribution in [0.4, 0.5) is 0 Å². The maximum absolute atomic E-state index is 12.8. The zero-order chi connectivity index (χ0) is 44.9. The lowest BCUT2D eigenvalue weighted by atomic mass is 10.0. The lowest BCUT2D eigenvalue weighted by Crippen LogP contribution is -2.30. The van der Waals surface area contributed by atoms with Crippen molar-refractivity contribution in [3.8, 4) is 0 Å². The highest BCUT2D eigenvalue weighted by Crippen LogP contribution is 2.16. The summed E-state index contributed by atoms with van der Waals surface area (Å²) in [5.41, 5.74) is 0. The largest absolute Gasteiger partial charge is 0.462 e. The Kier molecular flexibility index (Phi) is 51.4. The third-order valence-corrected chi connectivity index (χ3v) is 11.8. The van der Waals surface area contributed by atoms with Crippen molar-refractivity contribution in [2.45, 2.75) is 284 Å². The third-order valence-electron chi connectivity index (χ3n) is 11.8. The average molecular weight is 869 g/mol. The second-order valence-corrected chi connectivity index (χ2v) is 18.1. The Morgan fingerprint density at radius 1 is 0.355 bits per heavy atom. The van der Waals surface area contributed by atoms with Crippen LogP contribution in [-0.4, -0.2) is 37.9 Å². The minimum Gasteiger partial charge on any atom is -0.462 e. The van der Waals surface area contributed by atoms with E-state index in [0.717, 1.165) is 57.8 Å². The van der Waals surface area contributed by atoms with Crippen molar-refractivity contribution >= 4 is 11.9 Å². The first-order chi connectivity index (χ1) is 30.6. The number of allylic oxidation sites excluding steroid dienone is 8. The van der Waals surface area contributed by atoms with E-state index in [4.69, 9.17) is 14.2 Å². The van der Waals surface area contributed by atoms with Crippen molar-refractivity contribution in [1.29, 1.82) is 0 Å². The molecular formula is C57H104O5. The lowest BCUT2D eigenvalue weighted by Gasteiger charge is -2.18. The maximum Gasteiger partial charge on any atom is 0.306 e. The SMILES string of the molecule is CCC/C=C\C/C=C\CCCCCCCCOCC(COC(=O)CCCCCCCCC/C=C\C/C=C\CCCCC)OC(=O)CCCCCCCCCCCCCCCCC. The van der Waals surface area contributed by atoms with E-state index in [1.165, 1.54) is 186 Å². The van der Waals surface area contributed by atoms with Gasteiger partial charge in [0.1, 0.15) is 6.61 Å². The molecule has 5 heteroatoms. The standard InChI is InChI=1S/C57H104O5/c1-4-7-10-13-16-19-22-25-28-29-31-32-35-38-41-44-47-50-56(58)61-54-55(53-60-52-49-46-43-40-37-34-27-24-21-18-15-12-9-6-3)62-57(59)51-48-45-42-39-36-33-30-26-23-20-17-14-11-8-5-2/h12,15-16,19,21,24-25,28,55H,4-11,13-14,17-18,20,22-23,26-27,29-54H2,1-3H3/b15-12-,19-16-,24-21-,28-25-. The van der Waals surface area contributed by atoms with Gasteiger partial charge in [0.15, 0.2) is 6.10 Å². The molecule has 0 radical (unpaired) electrons. The van der Waals surface area contributed by atoms with E-state index < -0.39 is 6.10 Å². The van der Waals surface area contributed by atoms with Crippen molar-refractivity contribution < 1.29 is 23.8 Å². The van der Waals surface area contributed by atoms with E-state index >= 15 is 0 Å². The molecule has 62 heavy (non-hydrogen) atoms. The van der Waals surface area contributed by atoms with Crippen molar-refractivity contribution in [2.24, 2.45) is 0 Å². The van der Waals surface area contributed by atoms with E-state index in [2.05, 4.69) is 69.4 Å². The van der Waals surface area contributed by atoms with Crippen LogP contribution >= 0.6 is 0 Å². The molecule has 362 valence electrons. The quantitative estimate of drug-likeness (QED) is 0.0346.